The number of hydrogen-bond donors (Lipinski definition) is 2. The average Bonchev–Trinajstić information content (AvgIpc) is 2.60. The van der Waals surface area contributed by atoms with Crippen molar-refractivity contribution < 1.29 is 37.3 Å². The molecule has 0 atom stereocenters. The molecule has 29 heavy (non-hydrogen) atoms. The molecule has 0 bridgehead atoms. The van der Waals surface area contributed by atoms with Crippen molar-refractivity contribution >= 4 is 33.6 Å². The number of carbonyl (C=O) groups excluding carboxylic acids is 1. The zero-order valence-corrected chi connectivity index (χ0v) is 16.2. The van der Waals surface area contributed by atoms with Gasteiger partial charge in [0, 0.05) is 10.9 Å². The molecule has 0 unspecified atom stereocenters. The van der Waals surface area contributed by atoms with Crippen LogP contribution in [0.4, 0.5) is 13.2 Å². The Bertz CT molecular complexity index is 930. The minimum atomic E-state index is -4.79. The summed E-state index contributed by atoms with van der Waals surface area (Å²) in [7, 11) is 0. The Morgan fingerprint density at radius 1 is 1.14 bits per heavy atom. The van der Waals surface area contributed by atoms with Crippen molar-refractivity contribution in [3.8, 4) is 11.5 Å². The highest BCUT2D eigenvalue weighted by Crippen LogP contribution is 2.25. The van der Waals surface area contributed by atoms with Crippen molar-refractivity contribution in [2.75, 3.05) is 6.61 Å². The van der Waals surface area contributed by atoms with Gasteiger partial charge in [-0.2, -0.15) is 4.99 Å². The van der Waals surface area contributed by atoms with Crippen LogP contribution in [-0.4, -0.2) is 35.8 Å². The number of nitrogens with two attached hydrogens (primary N) is 1. The van der Waals surface area contributed by atoms with Crippen LogP contribution in [0, 0.1) is 0 Å². The van der Waals surface area contributed by atoms with Gasteiger partial charge in [0.1, 0.15) is 17.3 Å². The Labute approximate surface area is 171 Å². The minimum absolute atomic E-state index is 0.00231. The van der Waals surface area contributed by atoms with E-state index in [0.29, 0.717) is 10.0 Å². The molecule has 0 saturated heterocycles. The summed E-state index contributed by atoms with van der Waals surface area (Å²) in [6.45, 7) is -0.645. The lowest BCUT2D eigenvalue weighted by Crippen LogP contribution is -2.18. The molecule has 0 fully saturated rings. The van der Waals surface area contributed by atoms with E-state index >= 15 is 0 Å². The molecule has 0 aliphatic heterocycles. The number of benzene rings is 2. The Morgan fingerprint density at radius 3 is 2.38 bits per heavy atom. The number of nitrogens with zero attached hydrogens (tertiary/aromatic N) is 1. The first-order valence-electron chi connectivity index (χ1n) is 7.89. The first kappa shape index (κ1) is 22.2. The number of halogens is 4. The third-order valence-electron chi connectivity index (χ3n) is 3.31. The smallest absolute Gasteiger partial charge is 0.481 e. The highest BCUT2D eigenvalue weighted by atomic mass is 79.9. The van der Waals surface area contributed by atoms with E-state index in [1.54, 1.807) is 6.07 Å². The minimum Gasteiger partial charge on any atom is -0.481 e. The highest BCUT2D eigenvalue weighted by Gasteiger charge is 2.30. The topological polar surface area (TPSA) is 111 Å². The number of amides is 1. The lowest BCUT2D eigenvalue weighted by molar-refractivity contribution is -0.274. The molecule has 2 aromatic rings. The summed E-state index contributed by atoms with van der Waals surface area (Å²) in [4.78, 5) is 26.8. The molecule has 154 valence electrons. The predicted molar refractivity (Wildman–Crippen MR) is 100 cm³/mol. The molecule has 2 aromatic carbocycles. The second kappa shape index (κ2) is 9.41. The van der Waals surface area contributed by atoms with Crippen molar-refractivity contribution in [1.29, 1.82) is 0 Å². The summed E-state index contributed by atoms with van der Waals surface area (Å²) in [5.41, 5.74) is 6.27. The Balaban J connectivity index is 2.12. The zero-order chi connectivity index (χ0) is 21.6. The van der Waals surface area contributed by atoms with Gasteiger partial charge < -0.3 is 20.3 Å². The Kier molecular flexibility index (Phi) is 7.21. The van der Waals surface area contributed by atoms with Crippen LogP contribution >= 0.6 is 15.9 Å². The van der Waals surface area contributed by atoms with Gasteiger partial charge in [-0.25, -0.2) is 4.79 Å². The van der Waals surface area contributed by atoms with E-state index < -0.39 is 24.8 Å². The monoisotopic (exact) mass is 474 g/mol. The van der Waals surface area contributed by atoms with Gasteiger partial charge in [0.2, 0.25) is 0 Å². The summed E-state index contributed by atoms with van der Waals surface area (Å²) in [6.07, 6.45) is -4.80. The van der Waals surface area contributed by atoms with Gasteiger partial charge in [-0.15, -0.1) is 13.2 Å². The van der Waals surface area contributed by atoms with E-state index in [2.05, 4.69) is 25.7 Å². The van der Waals surface area contributed by atoms with E-state index in [4.69, 9.17) is 15.6 Å². The lowest BCUT2D eigenvalue weighted by atomic mass is 10.1. The molecule has 11 heteroatoms. The quantitative estimate of drug-likeness (QED) is 0.468. The first-order chi connectivity index (χ1) is 13.5. The van der Waals surface area contributed by atoms with E-state index in [9.17, 15) is 22.8 Å². The number of aliphatic imine (C=N–C) groups is 1. The van der Waals surface area contributed by atoms with E-state index in [1.807, 2.05) is 0 Å². The third-order valence-corrected chi connectivity index (χ3v) is 3.80. The number of alkyl halides is 3. The first-order valence-corrected chi connectivity index (χ1v) is 8.69. The summed E-state index contributed by atoms with van der Waals surface area (Å²) >= 11 is 3.20. The number of carbonyl (C=O) groups is 2. The number of amidine groups is 1. The fraction of sp³-hybridized carbons (Fsp3) is 0.167. The van der Waals surface area contributed by atoms with Gasteiger partial charge in [0.25, 0.3) is 5.91 Å². The second-order valence-electron chi connectivity index (χ2n) is 5.60. The van der Waals surface area contributed by atoms with Gasteiger partial charge in [-0.1, -0.05) is 28.1 Å². The number of carboxylic acids is 1. The van der Waals surface area contributed by atoms with Crippen molar-refractivity contribution in [1.82, 2.24) is 0 Å². The average molecular weight is 475 g/mol. The molecule has 7 nitrogen and oxygen atoms in total. The number of carboxylic acid groups (broad SMARTS) is 1. The number of aliphatic carboxylic acids is 1. The molecule has 0 aliphatic rings. The molecular formula is C18H14BrF3N2O5. The van der Waals surface area contributed by atoms with Crippen LogP contribution in [0.5, 0.6) is 11.5 Å². The summed E-state index contributed by atoms with van der Waals surface area (Å²) in [6, 6.07) is 9.31. The third kappa shape index (κ3) is 7.45. The van der Waals surface area contributed by atoms with Crippen LogP contribution in [0.2, 0.25) is 0 Å². The highest BCUT2D eigenvalue weighted by molar-refractivity contribution is 9.10. The van der Waals surface area contributed by atoms with Crippen molar-refractivity contribution in [2.45, 2.75) is 12.8 Å². The van der Waals surface area contributed by atoms with Gasteiger partial charge >= 0.3 is 12.3 Å². The van der Waals surface area contributed by atoms with Gasteiger partial charge in [-0.3, -0.25) is 4.79 Å². The molecule has 0 saturated carbocycles. The van der Waals surface area contributed by atoms with Crippen LogP contribution in [0.15, 0.2) is 51.9 Å². The SMILES string of the molecule is NC(Cc1ccc(OC(F)(F)F)cc1)=NC(=O)c1cc(Br)ccc1OCC(=O)O. The largest absolute Gasteiger partial charge is 0.573 e. The Morgan fingerprint density at radius 2 is 1.79 bits per heavy atom. The van der Waals surface area contributed by atoms with Crippen LogP contribution in [0.3, 0.4) is 0 Å². The van der Waals surface area contributed by atoms with Gasteiger partial charge in [-0.05, 0) is 35.9 Å². The summed E-state index contributed by atoms with van der Waals surface area (Å²) in [5, 5.41) is 8.71. The summed E-state index contributed by atoms with van der Waals surface area (Å²) < 4.78 is 45.9. The predicted octanol–water partition coefficient (Wildman–Crippen LogP) is 3.55. The van der Waals surface area contributed by atoms with Crippen LogP contribution < -0.4 is 15.2 Å². The Hall–Kier alpha value is -3.08. The molecule has 3 N–H and O–H groups in total. The maximum Gasteiger partial charge on any atom is 0.573 e. The maximum atomic E-state index is 12.4. The number of ether oxygens (including phenoxy) is 2. The number of hydrogen-bond acceptors (Lipinski definition) is 4. The molecule has 0 heterocycles. The van der Waals surface area contributed by atoms with Gasteiger partial charge in [0.05, 0.1) is 5.56 Å². The molecule has 1 amide bonds. The molecule has 0 radical (unpaired) electrons. The molecular weight excluding hydrogens is 461 g/mol. The fourth-order valence-electron chi connectivity index (χ4n) is 2.18. The van der Waals surface area contributed by atoms with Crippen LogP contribution in [-0.2, 0) is 11.2 Å². The molecule has 2 rings (SSSR count). The normalized spacial score (nSPS) is 11.8. The maximum absolute atomic E-state index is 12.4. The zero-order valence-electron chi connectivity index (χ0n) is 14.6. The molecule has 0 aromatic heterocycles. The van der Waals surface area contributed by atoms with Gasteiger partial charge in [0.15, 0.2) is 6.61 Å². The molecule has 0 spiro atoms. The standard InChI is InChI=1S/C18H14BrF3N2O5/c19-11-3-6-14(28-9-16(25)26)13(8-11)17(27)24-15(23)7-10-1-4-12(5-2-10)29-18(20,21)22/h1-6,8H,7,9H2,(H,25,26)(H2,23,24,27). The summed E-state index contributed by atoms with van der Waals surface area (Å²) in [5.74, 6) is -2.44. The van der Waals surface area contributed by atoms with E-state index in [0.717, 1.165) is 12.1 Å². The van der Waals surface area contributed by atoms with Crippen molar-refractivity contribution in [3.63, 3.8) is 0 Å². The number of rotatable bonds is 7. The van der Waals surface area contributed by atoms with Crippen molar-refractivity contribution in [2.24, 2.45) is 10.7 Å². The lowest BCUT2D eigenvalue weighted by Gasteiger charge is -2.10. The van der Waals surface area contributed by atoms with Crippen molar-refractivity contribution in [3.05, 3.63) is 58.1 Å². The fourth-order valence-corrected chi connectivity index (χ4v) is 2.54. The van der Waals surface area contributed by atoms with Crippen LogP contribution in [0.1, 0.15) is 15.9 Å². The molecule has 0 aliphatic carbocycles. The van der Waals surface area contributed by atoms with Crippen LogP contribution in [0.25, 0.3) is 0 Å². The van der Waals surface area contributed by atoms with E-state index in [-0.39, 0.29) is 29.3 Å². The second-order valence-corrected chi connectivity index (χ2v) is 6.52. The van der Waals surface area contributed by atoms with E-state index in [1.165, 1.54) is 24.3 Å².